The number of carbonyl (C=O) groups excluding carboxylic acids is 2. The zero-order valence-electron chi connectivity index (χ0n) is 17.5. The standard InChI is InChI=1S/C25H20ClFN2O3/c1-15-3-5-16(6-4-15)14-29-24(30)22(17-7-9-18(27)10-8-17)23(25(29)31)28-19-11-12-21(32-2)20(26)13-19/h3-13,28H,14H2,1-2H3. The molecular weight excluding hydrogens is 431 g/mol. The molecule has 7 heteroatoms. The van der Waals surface area contributed by atoms with E-state index in [0.29, 0.717) is 22.0 Å². The molecule has 0 fully saturated rings. The first-order valence-corrected chi connectivity index (χ1v) is 10.3. The van der Waals surface area contributed by atoms with Gasteiger partial charge in [-0.15, -0.1) is 0 Å². The molecule has 162 valence electrons. The van der Waals surface area contributed by atoms with E-state index in [1.165, 1.54) is 36.3 Å². The summed E-state index contributed by atoms with van der Waals surface area (Å²) in [5, 5.41) is 3.39. The fourth-order valence-electron chi connectivity index (χ4n) is 3.48. The van der Waals surface area contributed by atoms with Crippen LogP contribution in [0.1, 0.15) is 16.7 Å². The van der Waals surface area contributed by atoms with E-state index in [-0.39, 0.29) is 17.8 Å². The van der Waals surface area contributed by atoms with E-state index in [4.69, 9.17) is 16.3 Å². The van der Waals surface area contributed by atoms with Gasteiger partial charge in [0.15, 0.2) is 0 Å². The van der Waals surface area contributed by atoms with Crippen LogP contribution >= 0.6 is 11.6 Å². The van der Waals surface area contributed by atoms with Crippen molar-refractivity contribution in [1.29, 1.82) is 0 Å². The van der Waals surface area contributed by atoms with Crippen LogP contribution in [0.4, 0.5) is 10.1 Å². The molecule has 3 aromatic rings. The number of hydrogen-bond acceptors (Lipinski definition) is 4. The molecule has 4 rings (SSSR count). The third-order valence-electron chi connectivity index (χ3n) is 5.18. The molecule has 2 amide bonds. The summed E-state index contributed by atoms with van der Waals surface area (Å²) in [6, 6.07) is 18.0. The molecule has 0 spiro atoms. The Labute approximate surface area is 190 Å². The second kappa shape index (κ2) is 8.85. The summed E-state index contributed by atoms with van der Waals surface area (Å²) < 4.78 is 18.6. The first-order valence-electron chi connectivity index (χ1n) is 9.90. The maximum absolute atomic E-state index is 13.5. The highest BCUT2D eigenvalue weighted by Gasteiger charge is 2.39. The Morgan fingerprint density at radius 1 is 0.969 bits per heavy atom. The summed E-state index contributed by atoms with van der Waals surface area (Å²) in [4.78, 5) is 27.8. The highest BCUT2D eigenvalue weighted by Crippen LogP contribution is 2.33. The number of nitrogens with one attached hydrogen (secondary N) is 1. The summed E-state index contributed by atoms with van der Waals surface area (Å²) in [6.45, 7) is 2.09. The van der Waals surface area contributed by atoms with Gasteiger partial charge in [0, 0.05) is 5.69 Å². The molecule has 0 aliphatic carbocycles. The smallest absolute Gasteiger partial charge is 0.278 e. The van der Waals surface area contributed by atoms with Crippen molar-refractivity contribution in [3.8, 4) is 5.75 Å². The molecule has 0 aromatic heterocycles. The number of anilines is 1. The average Bonchev–Trinajstić information content (AvgIpc) is 3.00. The number of hydrogen-bond donors (Lipinski definition) is 1. The second-order valence-electron chi connectivity index (χ2n) is 7.41. The van der Waals surface area contributed by atoms with Crippen LogP contribution in [0.3, 0.4) is 0 Å². The highest BCUT2D eigenvalue weighted by molar-refractivity contribution is 6.36. The van der Waals surface area contributed by atoms with Crippen LogP contribution in [0.5, 0.6) is 5.75 Å². The molecule has 1 N–H and O–H groups in total. The lowest BCUT2D eigenvalue weighted by molar-refractivity contribution is -0.137. The number of carbonyl (C=O) groups is 2. The first-order chi connectivity index (χ1) is 15.4. The molecule has 0 saturated carbocycles. The van der Waals surface area contributed by atoms with Crippen LogP contribution in [-0.4, -0.2) is 23.8 Å². The van der Waals surface area contributed by atoms with Crippen LogP contribution in [0.25, 0.3) is 5.57 Å². The highest BCUT2D eigenvalue weighted by atomic mass is 35.5. The largest absolute Gasteiger partial charge is 0.495 e. The Hall–Kier alpha value is -3.64. The lowest BCUT2D eigenvalue weighted by Gasteiger charge is -2.16. The van der Waals surface area contributed by atoms with Crippen molar-refractivity contribution in [2.45, 2.75) is 13.5 Å². The van der Waals surface area contributed by atoms with Crippen molar-refractivity contribution in [1.82, 2.24) is 4.90 Å². The minimum atomic E-state index is -0.471. The number of halogens is 2. The predicted molar refractivity (Wildman–Crippen MR) is 122 cm³/mol. The van der Waals surface area contributed by atoms with Crippen molar-refractivity contribution in [3.05, 3.63) is 100.0 Å². The number of amides is 2. The lowest BCUT2D eigenvalue weighted by Crippen LogP contribution is -2.32. The van der Waals surface area contributed by atoms with Gasteiger partial charge in [-0.2, -0.15) is 0 Å². The number of rotatable bonds is 6. The van der Waals surface area contributed by atoms with E-state index in [1.54, 1.807) is 18.2 Å². The molecular formula is C25H20ClFN2O3. The topological polar surface area (TPSA) is 58.6 Å². The molecule has 0 saturated heterocycles. The van der Waals surface area contributed by atoms with E-state index in [9.17, 15) is 14.0 Å². The fourth-order valence-corrected chi connectivity index (χ4v) is 3.74. The van der Waals surface area contributed by atoms with Crippen molar-refractivity contribution in [2.24, 2.45) is 0 Å². The molecule has 1 aliphatic heterocycles. The third kappa shape index (κ3) is 4.22. The Balaban J connectivity index is 1.73. The van der Waals surface area contributed by atoms with Gasteiger partial charge in [0.05, 0.1) is 24.3 Å². The fraction of sp³-hybridized carbons (Fsp3) is 0.120. The molecule has 3 aromatic carbocycles. The predicted octanol–water partition coefficient (Wildman–Crippen LogP) is 5.19. The average molecular weight is 451 g/mol. The molecule has 32 heavy (non-hydrogen) atoms. The minimum absolute atomic E-state index is 0.106. The van der Waals surface area contributed by atoms with E-state index in [1.807, 2.05) is 31.2 Å². The van der Waals surface area contributed by atoms with E-state index < -0.39 is 17.6 Å². The normalized spacial score (nSPS) is 13.7. The Morgan fingerprint density at radius 3 is 2.28 bits per heavy atom. The molecule has 5 nitrogen and oxygen atoms in total. The minimum Gasteiger partial charge on any atom is -0.495 e. The van der Waals surface area contributed by atoms with Gasteiger partial charge in [0.25, 0.3) is 11.8 Å². The van der Waals surface area contributed by atoms with Crippen molar-refractivity contribution in [2.75, 3.05) is 12.4 Å². The summed E-state index contributed by atoms with van der Waals surface area (Å²) in [6.07, 6.45) is 0. The monoisotopic (exact) mass is 450 g/mol. The summed E-state index contributed by atoms with van der Waals surface area (Å²) in [5.74, 6) is -0.870. The van der Waals surface area contributed by atoms with E-state index >= 15 is 0 Å². The maximum Gasteiger partial charge on any atom is 0.278 e. The Kier molecular flexibility index (Phi) is 5.97. The number of nitrogens with zero attached hydrogens (tertiary/aromatic N) is 1. The number of benzene rings is 3. The van der Waals surface area contributed by atoms with Crippen LogP contribution in [-0.2, 0) is 16.1 Å². The number of ether oxygens (including phenoxy) is 1. The van der Waals surface area contributed by atoms with Gasteiger partial charge in [0.2, 0.25) is 0 Å². The van der Waals surface area contributed by atoms with Crippen molar-refractivity contribution in [3.63, 3.8) is 0 Å². The summed E-state index contributed by atoms with van der Waals surface area (Å²) >= 11 is 6.21. The zero-order chi connectivity index (χ0) is 22.8. The molecule has 0 bridgehead atoms. The quantitative estimate of drug-likeness (QED) is 0.525. The van der Waals surface area contributed by atoms with Crippen LogP contribution in [0.15, 0.2) is 72.4 Å². The number of methoxy groups -OCH3 is 1. The molecule has 0 radical (unpaired) electrons. The first kappa shape index (κ1) is 21.6. The Morgan fingerprint density at radius 2 is 1.66 bits per heavy atom. The summed E-state index contributed by atoms with van der Waals surface area (Å²) in [5.41, 5.74) is 3.15. The van der Waals surface area contributed by atoms with Crippen LogP contribution in [0.2, 0.25) is 5.02 Å². The van der Waals surface area contributed by atoms with E-state index in [0.717, 1.165) is 11.1 Å². The number of imide groups is 1. The molecule has 1 aliphatic rings. The zero-order valence-corrected chi connectivity index (χ0v) is 18.2. The second-order valence-corrected chi connectivity index (χ2v) is 7.82. The van der Waals surface area contributed by atoms with Gasteiger partial charge in [-0.05, 0) is 48.4 Å². The van der Waals surface area contributed by atoms with Crippen LogP contribution < -0.4 is 10.1 Å². The van der Waals surface area contributed by atoms with Gasteiger partial charge >= 0.3 is 0 Å². The number of aryl methyl sites for hydroxylation is 1. The Bertz CT molecular complexity index is 1220. The van der Waals surface area contributed by atoms with Crippen LogP contribution in [0, 0.1) is 12.7 Å². The van der Waals surface area contributed by atoms with Gasteiger partial charge in [-0.3, -0.25) is 14.5 Å². The molecule has 0 unspecified atom stereocenters. The van der Waals surface area contributed by atoms with Gasteiger partial charge in [-0.1, -0.05) is 53.6 Å². The molecule has 0 atom stereocenters. The van der Waals surface area contributed by atoms with Crippen molar-refractivity contribution >= 4 is 34.7 Å². The SMILES string of the molecule is COc1ccc(NC2=C(c3ccc(F)cc3)C(=O)N(Cc3ccc(C)cc3)C2=O)cc1Cl. The maximum atomic E-state index is 13.5. The lowest BCUT2D eigenvalue weighted by atomic mass is 10.0. The van der Waals surface area contributed by atoms with Gasteiger partial charge < -0.3 is 10.1 Å². The summed E-state index contributed by atoms with van der Waals surface area (Å²) in [7, 11) is 1.51. The third-order valence-corrected chi connectivity index (χ3v) is 5.48. The van der Waals surface area contributed by atoms with Crippen molar-refractivity contribution < 1.29 is 18.7 Å². The van der Waals surface area contributed by atoms with Gasteiger partial charge in [-0.25, -0.2) is 4.39 Å². The molecule has 1 heterocycles. The van der Waals surface area contributed by atoms with E-state index in [2.05, 4.69) is 5.32 Å². The van der Waals surface area contributed by atoms with Gasteiger partial charge in [0.1, 0.15) is 17.3 Å².